The van der Waals surface area contributed by atoms with Gasteiger partial charge in [-0.05, 0) is 23.3 Å². The van der Waals surface area contributed by atoms with Crippen molar-refractivity contribution in [2.24, 2.45) is 0 Å². The molecule has 0 heterocycles. The Hall–Kier alpha value is -4.20. The first-order valence-corrected chi connectivity index (χ1v) is 9.47. The van der Waals surface area contributed by atoms with E-state index in [0.29, 0.717) is 11.1 Å². The summed E-state index contributed by atoms with van der Waals surface area (Å²) in [7, 11) is 2.07. The second-order valence-electron chi connectivity index (χ2n) is 6.25. The van der Waals surface area contributed by atoms with E-state index in [1.807, 2.05) is 12.1 Å². The fourth-order valence-corrected chi connectivity index (χ4v) is 2.49. The summed E-state index contributed by atoms with van der Waals surface area (Å²) in [5.41, 5.74) is 1.42. The predicted molar refractivity (Wildman–Crippen MR) is 115 cm³/mol. The van der Waals surface area contributed by atoms with Gasteiger partial charge in [0.25, 0.3) is 0 Å². The number of methoxy groups -OCH3 is 2. The van der Waals surface area contributed by atoms with Gasteiger partial charge in [0.2, 0.25) is 12.2 Å². The maximum absolute atomic E-state index is 12.2. The standard InChI is InChI=1S/C24H22O8/c1-29-23(27)21(31-19(25)15-13-17-9-5-3-6-10-17)22(24(28)30-2)32-20(26)16-14-18-11-7-4-8-12-18/h3-16,21-22H,1-2H3/b15-13+,16-14+/t21-,22-/m1/s1. The monoisotopic (exact) mass is 438 g/mol. The highest BCUT2D eigenvalue weighted by molar-refractivity contribution is 5.94. The summed E-state index contributed by atoms with van der Waals surface area (Å²) < 4.78 is 19.4. The van der Waals surface area contributed by atoms with Gasteiger partial charge in [0.05, 0.1) is 14.2 Å². The van der Waals surface area contributed by atoms with Gasteiger partial charge in [0.1, 0.15) is 0 Å². The number of hydrogen-bond acceptors (Lipinski definition) is 8. The third-order valence-electron chi connectivity index (χ3n) is 4.05. The van der Waals surface area contributed by atoms with Crippen molar-refractivity contribution in [2.45, 2.75) is 12.2 Å². The smallest absolute Gasteiger partial charge is 0.351 e. The number of esters is 4. The highest BCUT2D eigenvalue weighted by Gasteiger charge is 2.41. The first-order valence-electron chi connectivity index (χ1n) is 9.47. The zero-order chi connectivity index (χ0) is 23.3. The van der Waals surface area contributed by atoms with E-state index in [1.165, 1.54) is 12.2 Å². The van der Waals surface area contributed by atoms with E-state index in [-0.39, 0.29) is 0 Å². The van der Waals surface area contributed by atoms with Gasteiger partial charge in [-0.2, -0.15) is 0 Å². The van der Waals surface area contributed by atoms with Crippen LogP contribution < -0.4 is 0 Å². The van der Waals surface area contributed by atoms with Crippen LogP contribution in [0.1, 0.15) is 11.1 Å². The zero-order valence-corrected chi connectivity index (χ0v) is 17.5. The van der Waals surface area contributed by atoms with Gasteiger partial charge >= 0.3 is 23.9 Å². The number of ether oxygens (including phenoxy) is 4. The molecular weight excluding hydrogens is 416 g/mol. The average molecular weight is 438 g/mol. The summed E-state index contributed by atoms with van der Waals surface area (Å²) >= 11 is 0. The minimum atomic E-state index is -1.87. The van der Waals surface area contributed by atoms with E-state index < -0.39 is 36.1 Å². The minimum Gasteiger partial charge on any atom is -0.466 e. The lowest BCUT2D eigenvalue weighted by Crippen LogP contribution is -2.46. The van der Waals surface area contributed by atoms with Gasteiger partial charge in [0.15, 0.2) is 0 Å². The van der Waals surface area contributed by atoms with Crippen LogP contribution in [-0.4, -0.2) is 50.3 Å². The molecule has 8 heteroatoms. The second-order valence-corrected chi connectivity index (χ2v) is 6.25. The van der Waals surface area contributed by atoms with Gasteiger partial charge in [-0.3, -0.25) is 0 Å². The third-order valence-corrected chi connectivity index (χ3v) is 4.05. The number of benzene rings is 2. The lowest BCUT2D eigenvalue weighted by molar-refractivity contribution is -0.186. The van der Waals surface area contributed by atoms with Crippen LogP contribution in [-0.2, 0) is 38.1 Å². The molecule has 2 atom stereocenters. The molecule has 0 spiro atoms. The van der Waals surface area contributed by atoms with Crippen molar-refractivity contribution in [3.05, 3.63) is 83.9 Å². The van der Waals surface area contributed by atoms with Crippen molar-refractivity contribution < 1.29 is 38.1 Å². The largest absolute Gasteiger partial charge is 0.466 e. The molecule has 0 radical (unpaired) electrons. The third kappa shape index (κ3) is 7.56. The van der Waals surface area contributed by atoms with Crippen molar-refractivity contribution in [1.82, 2.24) is 0 Å². The lowest BCUT2D eigenvalue weighted by Gasteiger charge is -2.22. The van der Waals surface area contributed by atoms with Crippen molar-refractivity contribution in [3.8, 4) is 0 Å². The van der Waals surface area contributed by atoms with Crippen molar-refractivity contribution in [2.75, 3.05) is 14.2 Å². The van der Waals surface area contributed by atoms with E-state index in [0.717, 1.165) is 26.4 Å². The summed E-state index contributed by atoms with van der Waals surface area (Å²) in [6.07, 6.45) is 1.31. The normalized spacial score (nSPS) is 12.7. The molecule has 32 heavy (non-hydrogen) atoms. The Bertz CT molecular complexity index is 898. The van der Waals surface area contributed by atoms with Crippen LogP contribution in [0.2, 0.25) is 0 Å². The van der Waals surface area contributed by atoms with Gasteiger partial charge in [-0.15, -0.1) is 0 Å². The first-order chi connectivity index (χ1) is 15.4. The molecule has 0 bridgehead atoms. The summed E-state index contributed by atoms with van der Waals surface area (Å²) in [5, 5.41) is 0. The molecule has 0 aliphatic rings. The van der Waals surface area contributed by atoms with Crippen molar-refractivity contribution in [3.63, 3.8) is 0 Å². The maximum Gasteiger partial charge on any atom is 0.351 e. The molecule has 0 amide bonds. The molecule has 0 aromatic heterocycles. The molecule has 8 nitrogen and oxygen atoms in total. The van der Waals surface area contributed by atoms with E-state index in [1.54, 1.807) is 48.5 Å². The number of carbonyl (C=O) groups is 4. The molecule has 0 saturated carbocycles. The second kappa shape index (κ2) is 12.5. The molecule has 2 rings (SSSR count). The predicted octanol–water partition coefficient (Wildman–Crippen LogP) is 2.58. The van der Waals surface area contributed by atoms with Crippen LogP contribution in [0.15, 0.2) is 72.8 Å². The molecule has 0 aliphatic heterocycles. The topological polar surface area (TPSA) is 105 Å². The van der Waals surface area contributed by atoms with Crippen LogP contribution in [0.5, 0.6) is 0 Å². The lowest BCUT2D eigenvalue weighted by atomic mass is 10.2. The fraction of sp³-hybridized carbons (Fsp3) is 0.167. The molecule has 2 aromatic rings. The minimum absolute atomic E-state index is 0.709. The summed E-state index contributed by atoms with van der Waals surface area (Å²) in [6, 6.07) is 17.7. The summed E-state index contributed by atoms with van der Waals surface area (Å²) in [4.78, 5) is 48.9. The van der Waals surface area contributed by atoms with Crippen molar-refractivity contribution >= 4 is 36.0 Å². The van der Waals surface area contributed by atoms with Gasteiger partial charge in [0, 0.05) is 12.2 Å². The zero-order valence-electron chi connectivity index (χ0n) is 17.5. The van der Waals surface area contributed by atoms with E-state index >= 15 is 0 Å². The molecule has 0 unspecified atom stereocenters. The van der Waals surface area contributed by atoms with Crippen LogP contribution >= 0.6 is 0 Å². The molecule has 0 N–H and O–H groups in total. The molecule has 0 aliphatic carbocycles. The molecule has 2 aromatic carbocycles. The molecule has 166 valence electrons. The van der Waals surface area contributed by atoms with Crippen LogP contribution in [0.25, 0.3) is 12.2 Å². The van der Waals surface area contributed by atoms with E-state index in [4.69, 9.17) is 9.47 Å². The highest BCUT2D eigenvalue weighted by atomic mass is 16.6. The summed E-state index contributed by atoms with van der Waals surface area (Å²) in [6.45, 7) is 0. The number of carbonyl (C=O) groups excluding carboxylic acids is 4. The van der Waals surface area contributed by atoms with Crippen LogP contribution in [0.3, 0.4) is 0 Å². The van der Waals surface area contributed by atoms with Crippen molar-refractivity contribution in [1.29, 1.82) is 0 Å². The van der Waals surface area contributed by atoms with E-state index in [9.17, 15) is 19.2 Å². The number of hydrogen-bond donors (Lipinski definition) is 0. The Balaban J connectivity index is 2.16. The molecule has 0 fully saturated rings. The Morgan fingerprint density at radius 2 is 0.969 bits per heavy atom. The first kappa shape index (κ1) is 24.1. The fourth-order valence-electron chi connectivity index (χ4n) is 2.49. The van der Waals surface area contributed by atoms with Gasteiger partial charge < -0.3 is 18.9 Å². The molecular formula is C24H22O8. The Morgan fingerprint density at radius 3 is 1.28 bits per heavy atom. The maximum atomic E-state index is 12.2. The molecule has 0 saturated heterocycles. The van der Waals surface area contributed by atoms with Gasteiger partial charge in [-0.1, -0.05) is 60.7 Å². The van der Waals surface area contributed by atoms with Gasteiger partial charge in [-0.25, -0.2) is 19.2 Å². The van der Waals surface area contributed by atoms with E-state index in [2.05, 4.69) is 9.47 Å². The average Bonchev–Trinajstić information content (AvgIpc) is 2.83. The Labute approximate surface area is 185 Å². The quantitative estimate of drug-likeness (QED) is 0.334. The van der Waals surface area contributed by atoms with Crippen LogP contribution in [0, 0.1) is 0 Å². The highest BCUT2D eigenvalue weighted by Crippen LogP contribution is 2.12. The van der Waals surface area contributed by atoms with Crippen LogP contribution in [0.4, 0.5) is 0 Å². The Kier molecular flexibility index (Phi) is 9.39. The Morgan fingerprint density at radius 1 is 0.625 bits per heavy atom. The number of rotatable bonds is 9. The summed E-state index contributed by atoms with van der Waals surface area (Å²) in [5.74, 6) is -4.09. The SMILES string of the molecule is COC(=O)[C@H](OC(=O)/C=C/c1ccccc1)[C@@H](OC(=O)/C=C/c1ccccc1)C(=O)OC.